The number of benzene rings is 1. The molecule has 1 aromatic rings. The third-order valence-corrected chi connectivity index (χ3v) is 2.22. The number of hydrogen-bond acceptors (Lipinski definition) is 2. The normalized spacial score (nSPS) is 11.2. The average Bonchev–Trinajstić information content (AvgIpc) is 2.10. The van der Waals surface area contributed by atoms with Crippen LogP contribution in [0.5, 0.6) is 0 Å². The molecule has 0 saturated carbocycles. The van der Waals surface area contributed by atoms with Gasteiger partial charge in [-0.05, 0) is 24.6 Å². The number of aryl methyl sites for hydroxylation is 1. The summed E-state index contributed by atoms with van der Waals surface area (Å²) in [6.45, 7) is 7.56. The van der Waals surface area contributed by atoms with Crippen LogP contribution in [0.25, 0.3) is 0 Å². The maximum absolute atomic E-state index is 11.7. The number of nitrogens with one attached hydrogen (secondary N) is 1. The molecule has 3 N–H and O–H groups in total. The molecular formula is C12H18N2O. The Labute approximate surface area is 90.7 Å². The molecule has 15 heavy (non-hydrogen) atoms. The molecule has 1 aromatic carbocycles. The average molecular weight is 206 g/mol. The number of hydrogen-bond donors (Lipinski definition) is 2. The molecule has 0 aliphatic carbocycles. The standard InChI is InChI=1S/C12H18N2O/c1-8-5-6-9(7-10(8)13)14-11(15)12(2,3)4/h5-7H,13H2,1-4H3,(H,14,15). The molecule has 0 bridgehead atoms. The predicted molar refractivity (Wildman–Crippen MR) is 63.7 cm³/mol. The smallest absolute Gasteiger partial charge is 0.229 e. The molecule has 3 nitrogen and oxygen atoms in total. The Hall–Kier alpha value is -1.51. The fourth-order valence-electron chi connectivity index (χ4n) is 1.04. The van der Waals surface area contributed by atoms with Crippen molar-refractivity contribution in [2.45, 2.75) is 27.7 Å². The van der Waals surface area contributed by atoms with Crippen LogP contribution in [-0.2, 0) is 4.79 Å². The van der Waals surface area contributed by atoms with E-state index in [1.165, 1.54) is 0 Å². The third kappa shape index (κ3) is 2.98. The summed E-state index contributed by atoms with van der Waals surface area (Å²) in [5, 5.41) is 2.83. The molecule has 0 atom stereocenters. The number of nitrogen functional groups attached to an aromatic ring is 1. The van der Waals surface area contributed by atoms with Crippen molar-refractivity contribution in [1.82, 2.24) is 0 Å². The van der Waals surface area contributed by atoms with E-state index in [1.807, 2.05) is 39.8 Å². The molecule has 0 aliphatic rings. The Morgan fingerprint density at radius 1 is 1.33 bits per heavy atom. The summed E-state index contributed by atoms with van der Waals surface area (Å²) in [5.41, 5.74) is 7.83. The van der Waals surface area contributed by atoms with Crippen molar-refractivity contribution in [3.63, 3.8) is 0 Å². The van der Waals surface area contributed by atoms with Crippen molar-refractivity contribution in [2.75, 3.05) is 11.1 Å². The molecule has 0 spiro atoms. The van der Waals surface area contributed by atoms with E-state index in [-0.39, 0.29) is 11.3 Å². The number of anilines is 2. The second-order valence-corrected chi connectivity index (χ2v) is 4.78. The molecule has 0 saturated heterocycles. The maximum atomic E-state index is 11.7. The summed E-state index contributed by atoms with van der Waals surface area (Å²) in [4.78, 5) is 11.7. The van der Waals surface area contributed by atoms with Gasteiger partial charge < -0.3 is 11.1 Å². The van der Waals surface area contributed by atoms with Crippen LogP contribution >= 0.6 is 0 Å². The van der Waals surface area contributed by atoms with Gasteiger partial charge in [-0.2, -0.15) is 0 Å². The van der Waals surface area contributed by atoms with Crippen LogP contribution < -0.4 is 11.1 Å². The second kappa shape index (κ2) is 3.93. The van der Waals surface area contributed by atoms with Gasteiger partial charge in [-0.1, -0.05) is 26.8 Å². The van der Waals surface area contributed by atoms with Gasteiger partial charge in [0, 0.05) is 16.8 Å². The Bertz CT molecular complexity index is 378. The number of amides is 1. The monoisotopic (exact) mass is 206 g/mol. The summed E-state index contributed by atoms with van der Waals surface area (Å²) >= 11 is 0. The molecule has 0 radical (unpaired) electrons. The number of nitrogens with two attached hydrogens (primary N) is 1. The Morgan fingerprint density at radius 2 is 1.93 bits per heavy atom. The second-order valence-electron chi connectivity index (χ2n) is 4.78. The highest BCUT2D eigenvalue weighted by atomic mass is 16.2. The van der Waals surface area contributed by atoms with Crippen LogP contribution in [0.3, 0.4) is 0 Å². The van der Waals surface area contributed by atoms with Crippen LogP contribution in [-0.4, -0.2) is 5.91 Å². The van der Waals surface area contributed by atoms with Crippen LogP contribution in [0.1, 0.15) is 26.3 Å². The lowest BCUT2D eigenvalue weighted by molar-refractivity contribution is -0.123. The van der Waals surface area contributed by atoms with E-state index in [0.717, 1.165) is 11.3 Å². The molecule has 82 valence electrons. The zero-order valence-corrected chi connectivity index (χ0v) is 9.72. The van der Waals surface area contributed by atoms with E-state index >= 15 is 0 Å². The molecule has 0 aliphatic heterocycles. The first-order chi connectivity index (χ1) is 6.80. The fourth-order valence-corrected chi connectivity index (χ4v) is 1.04. The first kappa shape index (κ1) is 11.6. The number of carbonyl (C=O) groups is 1. The molecule has 1 rings (SSSR count). The van der Waals surface area contributed by atoms with Gasteiger partial charge in [-0.25, -0.2) is 0 Å². The zero-order valence-electron chi connectivity index (χ0n) is 9.72. The number of rotatable bonds is 1. The van der Waals surface area contributed by atoms with Crippen molar-refractivity contribution in [3.05, 3.63) is 23.8 Å². The van der Waals surface area contributed by atoms with E-state index in [2.05, 4.69) is 5.32 Å². The summed E-state index contributed by atoms with van der Waals surface area (Å²) in [6, 6.07) is 5.53. The molecule has 0 aromatic heterocycles. The topological polar surface area (TPSA) is 55.1 Å². The minimum absolute atomic E-state index is 0.00856. The van der Waals surface area contributed by atoms with Gasteiger partial charge in [-0.15, -0.1) is 0 Å². The van der Waals surface area contributed by atoms with Crippen molar-refractivity contribution in [1.29, 1.82) is 0 Å². The van der Waals surface area contributed by atoms with E-state index < -0.39 is 0 Å². The van der Waals surface area contributed by atoms with Gasteiger partial charge in [0.2, 0.25) is 5.91 Å². The molecule has 0 heterocycles. The van der Waals surface area contributed by atoms with Crippen molar-refractivity contribution in [2.24, 2.45) is 5.41 Å². The molecule has 1 amide bonds. The number of carbonyl (C=O) groups excluding carboxylic acids is 1. The van der Waals surface area contributed by atoms with Gasteiger partial charge in [0.05, 0.1) is 0 Å². The fraction of sp³-hybridized carbons (Fsp3) is 0.417. The summed E-state index contributed by atoms with van der Waals surface area (Å²) in [6.07, 6.45) is 0. The lowest BCUT2D eigenvalue weighted by Gasteiger charge is -2.18. The van der Waals surface area contributed by atoms with Gasteiger partial charge in [0.1, 0.15) is 0 Å². The quantitative estimate of drug-likeness (QED) is 0.694. The zero-order chi connectivity index (χ0) is 11.6. The minimum Gasteiger partial charge on any atom is -0.398 e. The van der Waals surface area contributed by atoms with Crippen LogP contribution in [0.2, 0.25) is 0 Å². The Balaban J connectivity index is 2.83. The van der Waals surface area contributed by atoms with Crippen molar-refractivity contribution in [3.8, 4) is 0 Å². The first-order valence-corrected chi connectivity index (χ1v) is 4.98. The lowest BCUT2D eigenvalue weighted by atomic mass is 9.95. The van der Waals surface area contributed by atoms with E-state index in [9.17, 15) is 4.79 Å². The van der Waals surface area contributed by atoms with Gasteiger partial charge >= 0.3 is 0 Å². The first-order valence-electron chi connectivity index (χ1n) is 4.98. The highest BCUT2D eigenvalue weighted by molar-refractivity contribution is 5.94. The summed E-state index contributed by atoms with van der Waals surface area (Å²) in [7, 11) is 0. The van der Waals surface area contributed by atoms with E-state index in [1.54, 1.807) is 6.07 Å². The van der Waals surface area contributed by atoms with Crippen LogP contribution in [0.15, 0.2) is 18.2 Å². The maximum Gasteiger partial charge on any atom is 0.229 e. The molecule has 0 fully saturated rings. The van der Waals surface area contributed by atoms with Crippen molar-refractivity contribution < 1.29 is 4.79 Å². The summed E-state index contributed by atoms with van der Waals surface area (Å²) < 4.78 is 0. The highest BCUT2D eigenvalue weighted by Crippen LogP contribution is 2.20. The SMILES string of the molecule is Cc1ccc(NC(=O)C(C)(C)C)cc1N. The van der Waals surface area contributed by atoms with E-state index in [0.29, 0.717) is 5.69 Å². The minimum atomic E-state index is -0.389. The molecular weight excluding hydrogens is 188 g/mol. The highest BCUT2D eigenvalue weighted by Gasteiger charge is 2.21. The Morgan fingerprint density at radius 3 is 2.40 bits per heavy atom. The third-order valence-electron chi connectivity index (χ3n) is 2.22. The van der Waals surface area contributed by atoms with Crippen molar-refractivity contribution >= 4 is 17.3 Å². The van der Waals surface area contributed by atoms with Gasteiger partial charge in [-0.3, -0.25) is 4.79 Å². The van der Waals surface area contributed by atoms with Gasteiger partial charge in [0.15, 0.2) is 0 Å². The van der Waals surface area contributed by atoms with Gasteiger partial charge in [0.25, 0.3) is 0 Å². The summed E-state index contributed by atoms with van der Waals surface area (Å²) in [5.74, 6) is -0.00856. The molecule has 0 unspecified atom stereocenters. The predicted octanol–water partition coefficient (Wildman–Crippen LogP) is 2.56. The van der Waals surface area contributed by atoms with Crippen LogP contribution in [0.4, 0.5) is 11.4 Å². The lowest BCUT2D eigenvalue weighted by Crippen LogP contribution is -2.27. The van der Waals surface area contributed by atoms with Crippen LogP contribution in [0, 0.1) is 12.3 Å². The largest absolute Gasteiger partial charge is 0.398 e. The van der Waals surface area contributed by atoms with E-state index in [4.69, 9.17) is 5.73 Å². The molecule has 3 heteroatoms. The Kier molecular flexibility index (Phi) is 3.03.